The largest absolute Gasteiger partial charge is 0.508 e. The molecule has 2 atom stereocenters. The molecule has 0 amide bonds. The zero-order valence-corrected chi connectivity index (χ0v) is 12.4. The van der Waals surface area contributed by atoms with Crippen molar-refractivity contribution in [2.45, 2.75) is 38.6 Å². The van der Waals surface area contributed by atoms with Crippen LogP contribution in [0, 0.1) is 5.92 Å². The van der Waals surface area contributed by atoms with Crippen LogP contribution in [-0.2, 0) is 6.42 Å². The first-order chi connectivity index (χ1) is 9.76. The molecule has 2 unspecified atom stereocenters. The van der Waals surface area contributed by atoms with Gasteiger partial charge in [-0.2, -0.15) is 0 Å². The molecule has 3 heteroatoms. The zero-order valence-electron chi connectivity index (χ0n) is 12.4. The number of rotatable bonds is 4. The summed E-state index contributed by atoms with van der Waals surface area (Å²) < 4.78 is 0. The van der Waals surface area contributed by atoms with Gasteiger partial charge in [0.1, 0.15) is 5.75 Å². The number of phenols is 1. The number of benzene rings is 1. The van der Waals surface area contributed by atoms with Crippen molar-refractivity contribution < 1.29 is 5.11 Å². The summed E-state index contributed by atoms with van der Waals surface area (Å²) in [4.78, 5) is 2.54. The average Bonchev–Trinajstić information content (AvgIpc) is 2.92. The van der Waals surface area contributed by atoms with E-state index in [1.807, 2.05) is 12.1 Å². The molecule has 1 fully saturated rings. The molecule has 2 N–H and O–H groups in total. The van der Waals surface area contributed by atoms with Crippen LogP contribution in [0.25, 0.3) is 0 Å². The van der Waals surface area contributed by atoms with E-state index in [2.05, 4.69) is 23.2 Å². The Morgan fingerprint density at radius 2 is 2.25 bits per heavy atom. The maximum Gasteiger partial charge on any atom is 0.115 e. The second-order valence-corrected chi connectivity index (χ2v) is 6.28. The Balaban J connectivity index is 1.59. The highest BCUT2D eigenvalue weighted by Gasteiger charge is 2.24. The van der Waals surface area contributed by atoms with E-state index in [0.717, 1.165) is 18.9 Å². The number of nitrogens with one attached hydrogen (secondary N) is 1. The fourth-order valence-electron chi connectivity index (χ4n) is 3.69. The van der Waals surface area contributed by atoms with Crippen LogP contribution in [0.1, 0.15) is 43.4 Å². The summed E-state index contributed by atoms with van der Waals surface area (Å²) in [6, 6.07) is 6.36. The van der Waals surface area contributed by atoms with Gasteiger partial charge in [0, 0.05) is 12.6 Å². The van der Waals surface area contributed by atoms with Crippen LogP contribution in [0.4, 0.5) is 0 Å². The van der Waals surface area contributed by atoms with Crippen molar-refractivity contribution in [1.29, 1.82) is 0 Å². The van der Waals surface area contributed by atoms with Crippen LogP contribution < -0.4 is 5.32 Å². The van der Waals surface area contributed by atoms with E-state index >= 15 is 0 Å². The van der Waals surface area contributed by atoms with E-state index in [0.29, 0.717) is 11.8 Å². The minimum Gasteiger partial charge on any atom is -0.508 e. The van der Waals surface area contributed by atoms with E-state index in [1.54, 1.807) is 0 Å². The molecule has 0 spiro atoms. The molecule has 0 saturated carbocycles. The third-order valence-corrected chi connectivity index (χ3v) is 4.91. The molecule has 1 aliphatic heterocycles. The zero-order chi connectivity index (χ0) is 13.9. The van der Waals surface area contributed by atoms with Crippen molar-refractivity contribution >= 4 is 0 Å². The van der Waals surface area contributed by atoms with E-state index < -0.39 is 0 Å². The van der Waals surface area contributed by atoms with Crippen LogP contribution in [0.15, 0.2) is 18.2 Å². The smallest absolute Gasteiger partial charge is 0.115 e. The van der Waals surface area contributed by atoms with Gasteiger partial charge in [0.2, 0.25) is 0 Å². The maximum atomic E-state index is 9.61. The Labute approximate surface area is 122 Å². The Morgan fingerprint density at radius 3 is 3.05 bits per heavy atom. The number of nitrogens with zero attached hydrogens (tertiary/aromatic N) is 1. The number of phenolic OH excluding ortho intramolecular Hbond substituents is 1. The van der Waals surface area contributed by atoms with Gasteiger partial charge in [-0.05, 0) is 74.5 Å². The number of likely N-dealkylation sites (tertiary alicyclic amines) is 1. The first-order valence-electron chi connectivity index (χ1n) is 8.03. The minimum atomic E-state index is 0.402. The topological polar surface area (TPSA) is 35.5 Å². The van der Waals surface area contributed by atoms with Crippen molar-refractivity contribution in [3.63, 3.8) is 0 Å². The highest BCUT2D eigenvalue weighted by Crippen LogP contribution is 2.32. The summed E-state index contributed by atoms with van der Waals surface area (Å²) >= 11 is 0. The fourth-order valence-corrected chi connectivity index (χ4v) is 3.69. The molecule has 0 radical (unpaired) electrons. The molecule has 0 aromatic heterocycles. The van der Waals surface area contributed by atoms with E-state index in [-0.39, 0.29) is 0 Å². The van der Waals surface area contributed by atoms with Gasteiger partial charge in [0.25, 0.3) is 0 Å². The van der Waals surface area contributed by atoms with Gasteiger partial charge in [-0.3, -0.25) is 0 Å². The number of hydrogen-bond donors (Lipinski definition) is 2. The van der Waals surface area contributed by atoms with Crippen LogP contribution in [-0.4, -0.2) is 36.2 Å². The first kappa shape index (κ1) is 13.9. The lowest BCUT2D eigenvalue weighted by atomic mass is 9.87. The summed E-state index contributed by atoms with van der Waals surface area (Å²) in [5.41, 5.74) is 2.73. The van der Waals surface area contributed by atoms with Crippen molar-refractivity contribution in [2.75, 3.05) is 26.2 Å². The van der Waals surface area contributed by atoms with Crippen LogP contribution in [0.3, 0.4) is 0 Å². The molecule has 3 nitrogen and oxygen atoms in total. The number of hydrogen-bond acceptors (Lipinski definition) is 3. The predicted molar refractivity (Wildman–Crippen MR) is 82.0 cm³/mol. The van der Waals surface area contributed by atoms with E-state index in [1.165, 1.54) is 50.0 Å². The third-order valence-electron chi connectivity index (χ3n) is 4.91. The molecular weight excluding hydrogens is 248 g/mol. The van der Waals surface area contributed by atoms with E-state index in [4.69, 9.17) is 0 Å². The summed E-state index contributed by atoms with van der Waals surface area (Å²) in [7, 11) is 0. The maximum absolute atomic E-state index is 9.61. The molecule has 3 rings (SSSR count). The monoisotopic (exact) mass is 274 g/mol. The van der Waals surface area contributed by atoms with Crippen LogP contribution >= 0.6 is 0 Å². The summed E-state index contributed by atoms with van der Waals surface area (Å²) in [6.07, 6.45) is 4.88. The quantitative estimate of drug-likeness (QED) is 0.886. The van der Waals surface area contributed by atoms with Gasteiger partial charge >= 0.3 is 0 Å². The lowest BCUT2D eigenvalue weighted by Crippen LogP contribution is -2.31. The molecule has 110 valence electrons. The third kappa shape index (κ3) is 2.99. The Hall–Kier alpha value is -1.06. The molecule has 2 aliphatic rings. The van der Waals surface area contributed by atoms with Crippen molar-refractivity contribution in [3.8, 4) is 5.75 Å². The summed E-state index contributed by atoms with van der Waals surface area (Å²) in [5.74, 6) is 1.20. The van der Waals surface area contributed by atoms with Gasteiger partial charge < -0.3 is 15.3 Å². The van der Waals surface area contributed by atoms with Crippen molar-refractivity contribution in [2.24, 2.45) is 5.92 Å². The van der Waals surface area contributed by atoms with Gasteiger partial charge in [0.05, 0.1) is 0 Å². The van der Waals surface area contributed by atoms with Crippen LogP contribution in [0.5, 0.6) is 5.75 Å². The number of aromatic hydroxyl groups is 1. The van der Waals surface area contributed by atoms with Gasteiger partial charge in [-0.1, -0.05) is 13.0 Å². The molecule has 1 aromatic carbocycles. The van der Waals surface area contributed by atoms with Crippen molar-refractivity contribution in [1.82, 2.24) is 10.2 Å². The van der Waals surface area contributed by atoms with E-state index in [9.17, 15) is 5.11 Å². The second kappa shape index (κ2) is 6.15. The minimum absolute atomic E-state index is 0.402. The average molecular weight is 274 g/mol. The second-order valence-electron chi connectivity index (χ2n) is 6.28. The van der Waals surface area contributed by atoms with Gasteiger partial charge in [0.15, 0.2) is 0 Å². The lowest BCUT2D eigenvalue weighted by molar-refractivity contribution is 0.332. The summed E-state index contributed by atoms with van der Waals surface area (Å²) in [5, 5.41) is 13.4. The number of fused-ring (bicyclic) bond motifs is 1. The lowest BCUT2D eigenvalue weighted by Gasteiger charge is -2.28. The standard InChI is InChI=1S/C17H26N2O/c1-2-19-9-8-13(12-19)11-18-17-5-3-4-14-10-15(20)6-7-16(14)17/h6-7,10,13,17-18,20H,2-5,8-9,11-12H2,1H3. The van der Waals surface area contributed by atoms with Gasteiger partial charge in [-0.25, -0.2) is 0 Å². The molecule has 1 aromatic rings. The van der Waals surface area contributed by atoms with Crippen molar-refractivity contribution in [3.05, 3.63) is 29.3 Å². The molecule has 1 saturated heterocycles. The molecule has 1 aliphatic carbocycles. The molecular formula is C17H26N2O. The first-order valence-corrected chi connectivity index (χ1v) is 8.03. The normalized spacial score (nSPS) is 26.6. The van der Waals surface area contributed by atoms with Crippen LogP contribution in [0.2, 0.25) is 0 Å². The molecule has 0 bridgehead atoms. The fraction of sp³-hybridized carbons (Fsp3) is 0.647. The van der Waals surface area contributed by atoms with Gasteiger partial charge in [-0.15, -0.1) is 0 Å². The Morgan fingerprint density at radius 1 is 1.35 bits per heavy atom. The SMILES string of the molecule is CCN1CCC(CNC2CCCc3cc(O)ccc32)C1. The highest BCUT2D eigenvalue weighted by atomic mass is 16.3. The highest BCUT2D eigenvalue weighted by molar-refractivity contribution is 5.38. The Bertz CT molecular complexity index is 460. The predicted octanol–water partition coefficient (Wildman–Crippen LogP) is 2.70. The summed E-state index contributed by atoms with van der Waals surface area (Å²) in [6.45, 7) is 7.07. The molecule has 1 heterocycles. The molecule has 20 heavy (non-hydrogen) atoms. The number of aryl methyl sites for hydroxylation is 1. The Kier molecular flexibility index (Phi) is 4.27.